The molecule has 5 nitrogen and oxygen atoms in total. The highest BCUT2D eigenvalue weighted by Crippen LogP contribution is 2.30. The fraction of sp³-hybridized carbons (Fsp3) is 0.143. The van der Waals surface area contributed by atoms with Crippen LogP contribution >= 0.6 is 0 Å². The Bertz CT molecular complexity index is 660. The summed E-state index contributed by atoms with van der Waals surface area (Å²) >= 11 is 0. The minimum absolute atomic E-state index is 0.0154. The number of dihydropyridines is 1. The van der Waals surface area contributed by atoms with Gasteiger partial charge < -0.3 is 20.0 Å². The zero-order chi connectivity index (χ0) is 16.3. The van der Waals surface area contributed by atoms with E-state index < -0.39 is 23.7 Å². The van der Waals surface area contributed by atoms with Gasteiger partial charge in [0.15, 0.2) is 0 Å². The van der Waals surface area contributed by atoms with E-state index in [1.54, 1.807) is 0 Å². The summed E-state index contributed by atoms with van der Waals surface area (Å²) in [6, 6.07) is 3.57. The van der Waals surface area contributed by atoms with Gasteiger partial charge in [-0.3, -0.25) is 0 Å². The van der Waals surface area contributed by atoms with Crippen molar-refractivity contribution in [1.29, 1.82) is 0 Å². The lowest BCUT2D eigenvalue weighted by atomic mass is 10.1. The summed E-state index contributed by atoms with van der Waals surface area (Å²) in [6.07, 6.45) is -2.26. The monoisotopic (exact) mass is 312 g/mol. The van der Waals surface area contributed by atoms with Crippen LogP contribution in [0, 0.1) is 0 Å². The molecule has 0 unspecified atom stereocenters. The highest BCUT2D eigenvalue weighted by molar-refractivity contribution is 5.94. The molecule has 0 radical (unpaired) electrons. The summed E-state index contributed by atoms with van der Waals surface area (Å²) in [7, 11) is 0. The van der Waals surface area contributed by atoms with E-state index in [9.17, 15) is 27.9 Å². The van der Waals surface area contributed by atoms with Crippen LogP contribution in [-0.4, -0.2) is 11.9 Å². The molecule has 0 atom stereocenters. The number of halogens is 3. The second-order valence-electron chi connectivity index (χ2n) is 4.38. The molecule has 1 aliphatic rings. The van der Waals surface area contributed by atoms with Gasteiger partial charge in [0.05, 0.1) is 17.1 Å². The topological polar surface area (TPSA) is 78.5 Å². The fourth-order valence-corrected chi connectivity index (χ4v) is 1.70. The Kier molecular flexibility index (Phi) is 4.20. The third kappa shape index (κ3) is 3.66. The standard InChI is InChI=1S/C14H10F3NO4/c15-14(16,17)10-1-3-11(4-2-10)22-13(21)9-5-8(12(19)20)6-18-7-9/h1-4,6-7,18H,5H2,(H,19,20)/p-1. The highest BCUT2D eigenvalue weighted by atomic mass is 19.4. The number of alkyl halides is 3. The van der Waals surface area contributed by atoms with Crippen molar-refractivity contribution < 1.29 is 32.6 Å². The van der Waals surface area contributed by atoms with E-state index in [1.807, 2.05) is 0 Å². The number of hydrogen-bond acceptors (Lipinski definition) is 5. The molecule has 116 valence electrons. The summed E-state index contributed by atoms with van der Waals surface area (Å²) in [4.78, 5) is 22.5. The average molecular weight is 312 g/mol. The smallest absolute Gasteiger partial charge is 0.416 e. The van der Waals surface area contributed by atoms with Gasteiger partial charge in [-0.1, -0.05) is 0 Å². The van der Waals surface area contributed by atoms with Crippen LogP contribution in [0.25, 0.3) is 0 Å². The first-order chi connectivity index (χ1) is 10.3. The fourth-order valence-electron chi connectivity index (χ4n) is 1.70. The quantitative estimate of drug-likeness (QED) is 0.668. The van der Waals surface area contributed by atoms with Gasteiger partial charge >= 0.3 is 12.1 Å². The number of carbonyl (C=O) groups is 2. The zero-order valence-corrected chi connectivity index (χ0v) is 10.9. The van der Waals surface area contributed by atoms with Crippen molar-refractivity contribution in [3.05, 3.63) is 53.4 Å². The number of carboxylic acid groups (broad SMARTS) is 1. The summed E-state index contributed by atoms with van der Waals surface area (Å²) < 4.78 is 42.1. The molecule has 1 heterocycles. The van der Waals surface area contributed by atoms with Crippen LogP contribution in [0.1, 0.15) is 12.0 Å². The second kappa shape index (κ2) is 5.92. The maximum atomic E-state index is 12.4. The second-order valence-corrected chi connectivity index (χ2v) is 4.38. The van der Waals surface area contributed by atoms with E-state index in [0.29, 0.717) is 0 Å². The molecule has 0 amide bonds. The van der Waals surface area contributed by atoms with E-state index in [-0.39, 0.29) is 23.3 Å². The Morgan fingerprint density at radius 3 is 2.23 bits per heavy atom. The lowest BCUT2D eigenvalue weighted by Gasteiger charge is -2.16. The molecule has 0 fully saturated rings. The van der Waals surface area contributed by atoms with Crippen LogP contribution < -0.4 is 15.2 Å². The Morgan fingerprint density at radius 1 is 1.09 bits per heavy atom. The summed E-state index contributed by atoms with van der Waals surface area (Å²) in [5.74, 6) is -2.37. The lowest BCUT2D eigenvalue weighted by Crippen LogP contribution is -2.29. The molecule has 22 heavy (non-hydrogen) atoms. The van der Waals surface area contributed by atoms with Crippen LogP contribution in [0.2, 0.25) is 0 Å². The molecule has 8 heteroatoms. The van der Waals surface area contributed by atoms with Gasteiger partial charge in [-0.15, -0.1) is 0 Å². The normalized spacial score (nSPS) is 14.5. The number of rotatable bonds is 3. The first-order valence-electron chi connectivity index (χ1n) is 6.02. The van der Waals surface area contributed by atoms with Crippen LogP contribution in [0.5, 0.6) is 5.75 Å². The number of aliphatic carboxylic acids is 1. The molecule has 1 N–H and O–H groups in total. The molecular formula is C14H9F3NO4-. The first kappa shape index (κ1) is 15.6. The molecule has 0 aliphatic carbocycles. The van der Waals surface area contributed by atoms with E-state index in [4.69, 9.17) is 4.74 Å². The highest BCUT2D eigenvalue weighted by Gasteiger charge is 2.30. The Balaban J connectivity index is 2.04. The molecule has 2 rings (SSSR count). The summed E-state index contributed by atoms with van der Waals surface area (Å²) in [5.41, 5.74) is -0.989. The predicted molar refractivity (Wildman–Crippen MR) is 66.0 cm³/mol. The SMILES string of the molecule is O=C([O-])C1=CNC=C(C(=O)Oc2ccc(C(F)(F)F)cc2)C1. The molecule has 1 aliphatic heterocycles. The third-order valence-corrected chi connectivity index (χ3v) is 2.81. The Hall–Kier alpha value is -2.77. The van der Waals surface area contributed by atoms with Gasteiger partial charge in [0, 0.05) is 18.8 Å². The molecule has 1 aromatic carbocycles. The number of carboxylic acids is 1. The lowest BCUT2D eigenvalue weighted by molar-refractivity contribution is -0.299. The van der Waals surface area contributed by atoms with E-state index in [0.717, 1.165) is 24.3 Å². The number of benzene rings is 1. The molecular weight excluding hydrogens is 303 g/mol. The number of nitrogens with one attached hydrogen (secondary N) is 1. The van der Waals surface area contributed by atoms with Gasteiger partial charge in [0.25, 0.3) is 0 Å². The number of carbonyl (C=O) groups excluding carboxylic acids is 2. The maximum Gasteiger partial charge on any atom is 0.416 e. The predicted octanol–water partition coefficient (Wildman–Crippen LogP) is 1.12. The van der Waals surface area contributed by atoms with E-state index in [2.05, 4.69) is 5.32 Å². The minimum atomic E-state index is -4.48. The molecule has 0 spiro atoms. The van der Waals surface area contributed by atoms with Gasteiger partial charge in [0.1, 0.15) is 5.75 Å². The van der Waals surface area contributed by atoms with Crippen molar-refractivity contribution in [2.45, 2.75) is 12.6 Å². The van der Waals surface area contributed by atoms with Crippen molar-refractivity contribution in [1.82, 2.24) is 5.32 Å². The molecule has 0 saturated heterocycles. The van der Waals surface area contributed by atoms with Crippen LogP contribution in [0.4, 0.5) is 13.2 Å². The average Bonchev–Trinajstić information content (AvgIpc) is 2.47. The van der Waals surface area contributed by atoms with Crippen molar-refractivity contribution in [2.75, 3.05) is 0 Å². The van der Waals surface area contributed by atoms with Crippen LogP contribution in [-0.2, 0) is 15.8 Å². The first-order valence-corrected chi connectivity index (χ1v) is 6.02. The van der Waals surface area contributed by atoms with Crippen LogP contribution in [0.15, 0.2) is 47.8 Å². The van der Waals surface area contributed by atoms with E-state index in [1.165, 1.54) is 12.4 Å². The van der Waals surface area contributed by atoms with Crippen molar-refractivity contribution in [3.8, 4) is 5.75 Å². The Morgan fingerprint density at radius 2 is 1.68 bits per heavy atom. The van der Waals surface area contributed by atoms with Gasteiger partial charge in [-0.05, 0) is 29.8 Å². The third-order valence-electron chi connectivity index (χ3n) is 2.81. The Labute approximate surface area is 122 Å². The van der Waals surface area contributed by atoms with Crippen LogP contribution in [0.3, 0.4) is 0 Å². The number of hydrogen-bond donors (Lipinski definition) is 1. The summed E-state index contributed by atoms with van der Waals surface area (Å²) in [6.45, 7) is 0. The molecule has 0 aromatic heterocycles. The molecule has 1 aromatic rings. The van der Waals surface area contributed by atoms with E-state index >= 15 is 0 Å². The number of esters is 1. The van der Waals surface area contributed by atoms with Gasteiger partial charge in [-0.25, -0.2) is 4.79 Å². The maximum absolute atomic E-state index is 12.4. The summed E-state index contributed by atoms with van der Waals surface area (Å²) in [5, 5.41) is 13.2. The van der Waals surface area contributed by atoms with Gasteiger partial charge in [0.2, 0.25) is 0 Å². The largest absolute Gasteiger partial charge is 0.545 e. The zero-order valence-electron chi connectivity index (χ0n) is 10.9. The van der Waals surface area contributed by atoms with Crippen molar-refractivity contribution >= 4 is 11.9 Å². The van der Waals surface area contributed by atoms with Crippen molar-refractivity contribution in [2.24, 2.45) is 0 Å². The minimum Gasteiger partial charge on any atom is -0.545 e. The van der Waals surface area contributed by atoms with Gasteiger partial charge in [-0.2, -0.15) is 13.2 Å². The number of ether oxygens (including phenoxy) is 1. The molecule has 0 bridgehead atoms. The molecule has 0 saturated carbocycles. The van der Waals surface area contributed by atoms with Crippen molar-refractivity contribution in [3.63, 3.8) is 0 Å².